The Balaban J connectivity index is 1.58. The average Bonchev–Trinajstić information content (AvgIpc) is 3.55. The lowest BCUT2D eigenvalue weighted by Gasteiger charge is -2.08. The van der Waals surface area contributed by atoms with E-state index in [1.165, 1.54) is 0 Å². The summed E-state index contributed by atoms with van der Waals surface area (Å²) in [5.41, 5.74) is 3.49. The Bertz CT molecular complexity index is 1030. The summed E-state index contributed by atoms with van der Waals surface area (Å²) in [5, 5.41) is 0. The van der Waals surface area contributed by atoms with Crippen LogP contribution in [0.15, 0.2) is 78.9 Å². The molecule has 0 amide bonds. The first-order valence-electron chi connectivity index (χ1n) is 9.92. The molecule has 1 aliphatic heterocycles. The zero-order chi connectivity index (χ0) is 21.1. The van der Waals surface area contributed by atoms with Gasteiger partial charge in [0.15, 0.2) is 11.8 Å². The van der Waals surface area contributed by atoms with Crippen LogP contribution in [0.1, 0.15) is 17.3 Å². The molecule has 1 fully saturated rings. The van der Waals surface area contributed by atoms with Gasteiger partial charge in [-0.15, -0.1) is 0 Å². The number of carbonyl (C=O) groups is 2. The van der Waals surface area contributed by atoms with Crippen LogP contribution in [0.4, 0.5) is 5.69 Å². The maximum atomic E-state index is 13.2. The normalized spacial score (nSPS) is 17.3. The van der Waals surface area contributed by atoms with Crippen molar-refractivity contribution < 1.29 is 19.1 Å². The number of hydrogen-bond donors (Lipinski definition) is 0. The van der Waals surface area contributed by atoms with E-state index in [4.69, 9.17) is 9.47 Å². The number of ether oxygens (including phenoxy) is 2. The molecule has 1 saturated heterocycles. The van der Waals surface area contributed by atoms with E-state index in [1.807, 2.05) is 78.9 Å². The van der Waals surface area contributed by atoms with E-state index in [-0.39, 0.29) is 18.4 Å². The Kier molecular flexibility index (Phi) is 5.53. The molecule has 3 aromatic rings. The lowest BCUT2D eigenvalue weighted by molar-refractivity contribution is -0.142. The molecule has 0 N–H and O–H groups in total. The number of esters is 1. The summed E-state index contributed by atoms with van der Waals surface area (Å²) in [7, 11) is 1.60. The Hall–Kier alpha value is -3.60. The number of nitrogens with zero attached hydrogens (tertiary/aromatic N) is 1. The summed E-state index contributed by atoms with van der Waals surface area (Å²) in [4.78, 5) is 27.5. The van der Waals surface area contributed by atoms with Gasteiger partial charge in [-0.3, -0.25) is 4.79 Å². The highest BCUT2D eigenvalue weighted by atomic mass is 16.5. The first-order chi connectivity index (χ1) is 14.6. The number of hydrogen-bond acceptors (Lipinski definition) is 5. The molecule has 30 heavy (non-hydrogen) atoms. The maximum Gasteiger partial charge on any atom is 0.331 e. The molecule has 5 heteroatoms. The van der Waals surface area contributed by atoms with Crippen molar-refractivity contribution in [2.75, 3.05) is 18.6 Å². The number of ketones is 1. The number of anilines is 1. The molecular formula is C25H23NO4. The molecule has 0 aromatic heterocycles. The first-order valence-corrected chi connectivity index (χ1v) is 9.92. The second kappa shape index (κ2) is 8.41. The van der Waals surface area contributed by atoms with Crippen molar-refractivity contribution in [3.8, 4) is 16.9 Å². The fraction of sp³-hybridized carbons (Fsp3) is 0.200. The number of benzene rings is 3. The summed E-state index contributed by atoms with van der Waals surface area (Å²) in [6.07, 6.45) is 0. The second-order valence-corrected chi connectivity index (χ2v) is 7.05. The van der Waals surface area contributed by atoms with E-state index in [2.05, 4.69) is 0 Å². The third-order valence-corrected chi connectivity index (χ3v) is 5.25. The van der Waals surface area contributed by atoms with Gasteiger partial charge in [0, 0.05) is 11.3 Å². The van der Waals surface area contributed by atoms with Crippen LogP contribution in [0.5, 0.6) is 5.75 Å². The lowest BCUT2D eigenvalue weighted by Crippen LogP contribution is -2.18. The molecule has 152 valence electrons. The standard InChI is InChI=1S/C25H23NO4/c1-3-30-25(28)23-22(26(23)20-13-15-21(29-2)16-14-20)24(27)19-11-9-18(10-12-19)17-7-5-4-6-8-17/h4-16,22-23H,3H2,1-2H3/t22-,23+,26?/m0/s1. The number of carbonyl (C=O) groups excluding carboxylic acids is 2. The van der Waals surface area contributed by atoms with E-state index in [0.29, 0.717) is 11.3 Å². The van der Waals surface area contributed by atoms with Gasteiger partial charge in [0.2, 0.25) is 0 Å². The van der Waals surface area contributed by atoms with Gasteiger partial charge < -0.3 is 14.4 Å². The van der Waals surface area contributed by atoms with Gasteiger partial charge in [0.25, 0.3) is 0 Å². The van der Waals surface area contributed by atoms with Crippen LogP contribution in [-0.2, 0) is 9.53 Å². The highest BCUT2D eigenvalue weighted by Gasteiger charge is 2.58. The topological polar surface area (TPSA) is 55.6 Å². The van der Waals surface area contributed by atoms with Gasteiger partial charge in [-0.05, 0) is 42.3 Å². The van der Waals surface area contributed by atoms with Crippen molar-refractivity contribution in [2.24, 2.45) is 0 Å². The van der Waals surface area contributed by atoms with Crippen LogP contribution in [0.3, 0.4) is 0 Å². The zero-order valence-electron chi connectivity index (χ0n) is 16.9. The summed E-state index contributed by atoms with van der Waals surface area (Å²) < 4.78 is 10.4. The van der Waals surface area contributed by atoms with Crippen LogP contribution in [0, 0.1) is 0 Å². The minimum atomic E-state index is -0.611. The van der Waals surface area contributed by atoms with Gasteiger partial charge >= 0.3 is 5.97 Å². The summed E-state index contributed by atoms with van der Waals surface area (Å²) in [5.74, 6) is 0.240. The SMILES string of the molecule is CCOC(=O)[C@H]1[C@@H](C(=O)c2ccc(-c3ccccc3)cc2)N1c1ccc(OC)cc1. The van der Waals surface area contributed by atoms with Crippen molar-refractivity contribution in [3.05, 3.63) is 84.4 Å². The summed E-state index contributed by atoms with van der Waals surface area (Å²) in [6, 6.07) is 23.6. The van der Waals surface area contributed by atoms with Crippen molar-refractivity contribution in [2.45, 2.75) is 19.0 Å². The Morgan fingerprint density at radius 1 is 0.833 bits per heavy atom. The van der Waals surface area contributed by atoms with Gasteiger partial charge in [0.1, 0.15) is 11.8 Å². The molecule has 0 bridgehead atoms. The lowest BCUT2D eigenvalue weighted by atomic mass is 10.0. The molecule has 0 spiro atoms. The summed E-state index contributed by atoms with van der Waals surface area (Å²) in [6.45, 7) is 2.04. The quantitative estimate of drug-likeness (QED) is 0.334. The molecule has 3 aromatic carbocycles. The molecule has 4 rings (SSSR count). The highest BCUT2D eigenvalue weighted by Crippen LogP contribution is 2.39. The molecule has 0 radical (unpaired) electrons. The molecule has 2 atom stereocenters. The average molecular weight is 401 g/mol. The van der Waals surface area contributed by atoms with Crippen molar-refractivity contribution >= 4 is 17.4 Å². The Labute approximate surface area is 175 Å². The largest absolute Gasteiger partial charge is 0.497 e. The van der Waals surface area contributed by atoms with Gasteiger partial charge in [-0.1, -0.05) is 54.6 Å². The molecular weight excluding hydrogens is 378 g/mol. The van der Waals surface area contributed by atoms with E-state index >= 15 is 0 Å². The van der Waals surface area contributed by atoms with Gasteiger partial charge in [-0.25, -0.2) is 4.79 Å². The Morgan fingerprint density at radius 3 is 2.07 bits per heavy atom. The number of Topliss-reactive ketones (excluding diaryl/α,β-unsaturated/α-hetero) is 1. The van der Waals surface area contributed by atoms with Crippen molar-refractivity contribution in [3.63, 3.8) is 0 Å². The fourth-order valence-corrected chi connectivity index (χ4v) is 3.67. The third-order valence-electron chi connectivity index (χ3n) is 5.25. The number of rotatable bonds is 7. The van der Waals surface area contributed by atoms with Crippen molar-refractivity contribution in [1.29, 1.82) is 0 Å². The second-order valence-electron chi connectivity index (χ2n) is 7.05. The molecule has 5 nitrogen and oxygen atoms in total. The minimum Gasteiger partial charge on any atom is -0.497 e. The minimum absolute atomic E-state index is 0.0940. The Morgan fingerprint density at radius 2 is 1.47 bits per heavy atom. The zero-order valence-corrected chi connectivity index (χ0v) is 16.9. The van der Waals surface area contributed by atoms with Crippen LogP contribution in [0.2, 0.25) is 0 Å². The van der Waals surface area contributed by atoms with Crippen LogP contribution < -0.4 is 9.64 Å². The molecule has 0 aliphatic carbocycles. The van der Waals surface area contributed by atoms with E-state index in [1.54, 1.807) is 18.9 Å². The van der Waals surface area contributed by atoms with E-state index in [9.17, 15) is 9.59 Å². The molecule has 0 unspecified atom stereocenters. The maximum absolute atomic E-state index is 13.2. The van der Waals surface area contributed by atoms with E-state index < -0.39 is 12.1 Å². The first kappa shape index (κ1) is 19.7. The van der Waals surface area contributed by atoms with Gasteiger partial charge in [-0.2, -0.15) is 0 Å². The summed E-state index contributed by atoms with van der Waals surface area (Å²) >= 11 is 0. The smallest absolute Gasteiger partial charge is 0.331 e. The van der Waals surface area contributed by atoms with Gasteiger partial charge in [0.05, 0.1) is 13.7 Å². The molecule has 1 heterocycles. The van der Waals surface area contributed by atoms with E-state index in [0.717, 1.165) is 16.8 Å². The molecule has 1 aliphatic rings. The predicted octanol–water partition coefficient (Wildman–Crippen LogP) is 4.37. The van der Waals surface area contributed by atoms with Crippen LogP contribution in [-0.4, -0.2) is 37.6 Å². The van der Waals surface area contributed by atoms with Crippen LogP contribution >= 0.6 is 0 Å². The predicted molar refractivity (Wildman–Crippen MR) is 116 cm³/mol. The van der Waals surface area contributed by atoms with Crippen molar-refractivity contribution in [1.82, 2.24) is 0 Å². The highest BCUT2D eigenvalue weighted by molar-refractivity contribution is 6.11. The number of methoxy groups -OCH3 is 1. The fourth-order valence-electron chi connectivity index (χ4n) is 3.67. The monoisotopic (exact) mass is 401 g/mol. The third kappa shape index (κ3) is 3.79. The molecule has 0 saturated carbocycles. The van der Waals surface area contributed by atoms with Crippen LogP contribution in [0.25, 0.3) is 11.1 Å².